The summed E-state index contributed by atoms with van der Waals surface area (Å²) in [5, 5.41) is 28.9. The number of aryl methyl sites for hydroxylation is 1. The van der Waals surface area contributed by atoms with Crippen molar-refractivity contribution in [2.45, 2.75) is 18.7 Å². The number of aromatic nitrogens is 2. The molecule has 14 nitrogen and oxygen atoms in total. The highest BCUT2D eigenvalue weighted by atomic mass is 32.2. The summed E-state index contributed by atoms with van der Waals surface area (Å²) in [5.74, 6) is 1.56. The fourth-order valence-electron chi connectivity index (χ4n) is 3.67. The average Bonchev–Trinajstić information content (AvgIpc) is 2.89. The van der Waals surface area contributed by atoms with Crippen molar-refractivity contribution < 1.29 is 23.0 Å². The van der Waals surface area contributed by atoms with Crippen LogP contribution in [-0.4, -0.2) is 35.3 Å². The number of benzene rings is 3. The Hall–Kier alpha value is -5.31. The van der Waals surface area contributed by atoms with E-state index >= 15 is 0 Å². The minimum Gasteiger partial charge on any atom is -0.497 e. The SMILES string of the molecule is COc1ccc(Nc2cc(C)nc(Nc3ccc(NS(=O)(=O)c4cc([N+](=O)[O-])c(C)c([N+](=O)[O-])c4)cc3)n2)cc1. The van der Waals surface area contributed by atoms with E-state index in [0.717, 1.165) is 23.6 Å². The van der Waals surface area contributed by atoms with E-state index in [0.29, 0.717) is 23.1 Å². The molecule has 0 saturated heterocycles. The highest BCUT2D eigenvalue weighted by molar-refractivity contribution is 7.92. The number of nitro benzene ring substituents is 2. The summed E-state index contributed by atoms with van der Waals surface area (Å²) in [4.78, 5) is 29.1. The zero-order valence-corrected chi connectivity index (χ0v) is 22.2. The largest absolute Gasteiger partial charge is 0.497 e. The van der Waals surface area contributed by atoms with Crippen LogP contribution >= 0.6 is 0 Å². The minimum absolute atomic E-state index is 0.128. The van der Waals surface area contributed by atoms with Crippen molar-refractivity contribution in [3.05, 3.63) is 98.2 Å². The predicted octanol–water partition coefficient (Wildman–Crippen LogP) is 5.21. The number of anilines is 5. The van der Waals surface area contributed by atoms with Crippen LogP contribution < -0.4 is 20.1 Å². The van der Waals surface area contributed by atoms with Crippen LogP contribution in [0.2, 0.25) is 0 Å². The van der Waals surface area contributed by atoms with Crippen LogP contribution in [0.1, 0.15) is 11.3 Å². The standard InChI is InChI=1S/C25H23N7O7S/c1-15-12-24(27-17-8-10-20(39-3)11-9-17)29-25(26-15)28-18-4-6-19(7-5-18)30-40(37,38)21-13-22(31(33)34)16(2)23(14-21)32(35)36/h4-14,30H,1-3H3,(H2,26,27,28,29). The maximum Gasteiger partial charge on any atom is 0.280 e. The molecule has 0 radical (unpaired) electrons. The van der Waals surface area contributed by atoms with Gasteiger partial charge in [0.1, 0.15) is 22.0 Å². The topological polar surface area (TPSA) is 192 Å². The molecule has 0 unspecified atom stereocenters. The Bertz CT molecular complexity index is 1660. The van der Waals surface area contributed by atoms with E-state index in [2.05, 4.69) is 25.3 Å². The monoisotopic (exact) mass is 565 g/mol. The van der Waals surface area contributed by atoms with Gasteiger partial charge in [-0.15, -0.1) is 0 Å². The van der Waals surface area contributed by atoms with Crippen molar-refractivity contribution in [2.24, 2.45) is 0 Å². The smallest absolute Gasteiger partial charge is 0.280 e. The Labute approximate surface area is 228 Å². The highest BCUT2D eigenvalue weighted by Gasteiger charge is 2.28. The molecule has 1 aromatic heterocycles. The Balaban J connectivity index is 1.51. The van der Waals surface area contributed by atoms with E-state index in [1.54, 1.807) is 25.3 Å². The molecular weight excluding hydrogens is 542 g/mol. The molecule has 0 atom stereocenters. The maximum atomic E-state index is 12.9. The van der Waals surface area contributed by atoms with Gasteiger partial charge in [-0.25, -0.2) is 13.4 Å². The van der Waals surface area contributed by atoms with Gasteiger partial charge in [0.2, 0.25) is 5.95 Å². The molecule has 1 heterocycles. The van der Waals surface area contributed by atoms with Gasteiger partial charge in [-0.1, -0.05) is 0 Å². The van der Waals surface area contributed by atoms with Crippen LogP contribution in [0.3, 0.4) is 0 Å². The Morgan fingerprint density at radius 2 is 1.30 bits per heavy atom. The van der Waals surface area contributed by atoms with Crippen molar-refractivity contribution in [3.8, 4) is 5.75 Å². The zero-order chi connectivity index (χ0) is 29.0. The van der Waals surface area contributed by atoms with Gasteiger partial charge in [-0.2, -0.15) is 4.98 Å². The first kappa shape index (κ1) is 27.7. The van der Waals surface area contributed by atoms with Crippen molar-refractivity contribution in [1.29, 1.82) is 0 Å². The van der Waals surface area contributed by atoms with Crippen LogP contribution in [0.15, 0.2) is 71.6 Å². The molecular formula is C25H23N7O7S. The van der Waals surface area contributed by atoms with Crippen molar-refractivity contribution in [2.75, 3.05) is 22.5 Å². The Morgan fingerprint density at radius 3 is 1.85 bits per heavy atom. The molecule has 0 bridgehead atoms. The summed E-state index contributed by atoms with van der Waals surface area (Å²) in [7, 11) is -2.79. The van der Waals surface area contributed by atoms with Gasteiger partial charge >= 0.3 is 0 Å². The van der Waals surface area contributed by atoms with Crippen LogP contribution in [0.5, 0.6) is 5.75 Å². The summed E-state index contributed by atoms with van der Waals surface area (Å²) in [6.45, 7) is 2.99. The van der Waals surface area contributed by atoms with Gasteiger partial charge in [-0.05, 0) is 62.4 Å². The number of ether oxygens (including phenoxy) is 1. The van der Waals surface area contributed by atoms with Gasteiger partial charge in [0.15, 0.2) is 0 Å². The molecule has 0 aliphatic rings. The zero-order valence-electron chi connectivity index (χ0n) is 21.4. The lowest BCUT2D eigenvalue weighted by atomic mass is 10.1. The summed E-state index contributed by atoms with van der Waals surface area (Å²) in [6, 6.07) is 16.7. The number of hydrogen-bond donors (Lipinski definition) is 3. The lowest BCUT2D eigenvalue weighted by Crippen LogP contribution is -2.14. The van der Waals surface area contributed by atoms with E-state index < -0.39 is 36.1 Å². The molecule has 0 aliphatic heterocycles. The number of nitrogens with zero attached hydrogens (tertiary/aromatic N) is 4. The molecule has 15 heteroatoms. The lowest BCUT2D eigenvalue weighted by Gasteiger charge is -2.12. The fraction of sp³-hybridized carbons (Fsp3) is 0.120. The van der Waals surface area contributed by atoms with Crippen LogP contribution in [0, 0.1) is 34.1 Å². The maximum absolute atomic E-state index is 12.9. The first-order chi connectivity index (χ1) is 18.9. The Kier molecular flexibility index (Phi) is 7.76. The van der Waals surface area contributed by atoms with Crippen LogP contribution in [-0.2, 0) is 10.0 Å². The van der Waals surface area contributed by atoms with Gasteiger partial charge in [0.25, 0.3) is 21.4 Å². The number of nitrogens with one attached hydrogen (secondary N) is 3. The minimum atomic E-state index is -4.38. The third-order valence-electron chi connectivity index (χ3n) is 5.64. The molecule has 0 saturated carbocycles. The summed E-state index contributed by atoms with van der Waals surface area (Å²) in [5.41, 5.74) is 0.574. The third kappa shape index (κ3) is 6.39. The van der Waals surface area contributed by atoms with E-state index in [9.17, 15) is 28.6 Å². The second kappa shape index (κ2) is 11.2. The van der Waals surface area contributed by atoms with Crippen molar-refractivity contribution in [1.82, 2.24) is 9.97 Å². The first-order valence-electron chi connectivity index (χ1n) is 11.6. The lowest BCUT2D eigenvalue weighted by molar-refractivity contribution is -0.395. The molecule has 0 amide bonds. The summed E-state index contributed by atoms with van der Waals surface area (Å²) in [6.07, 6.45) is 0. The van der Waals surface area contributed by atoms with E-state index in [-0.39, 0.29) is 11.3 Å². The van der Waals surface area contributed by atoms with Crippen LogP contribution in [0.4, 0.5) is 40.2 Å². The number of methoxy groups -OCH3 is 1. The second-order valence-electron chi connectivity index (χ2n) is 8.48. The molecule has 206 valence electrons. The van der Waals surface area contributed by atoms with Crippen LogP contribution in [0.25, 0.3) is 0 Å². The molecule has 3 N–H and O–H groups in total. The van der Waals surface area contributed by atoms with Gasteiger partial charge in [0, 0.05) is 41.0 Å². The molecule has 40 heavy (non-hydrogen) atoms. The summed E-state index contributed by atoms with van der Waals surface area (Å²) < 4.78 is 33.2. The van der Waals surface area contributed by atoms with Crippen molar-refractivity contribution in [3.63, 3.8) is 0 Å². The molecule has 0 aliphatic carbocycles. The second-order valence-corrected chi connectivity index (χ2v) is 10.2. The molecule has 4 aromatic rings. The quantitative estimate of drug-likeness (QED) is 0.169. The molecule has 4 rings (SSSR count). The van der Waals surface area contributed by atoms with E-state index in [1.807, 2.05) is 31.2 Å². The van der Waals surface area contributed by atoms with Gasteiger partial charge in [0.05, 0.1) is 17.0 Å². The predicted molar refractivity (Wildman–Crippen MR) is 148 cm³/mol. The van der Waals surface area contributed by atoms with Gasteiger partial charge < -0.3 is 15.4 Å². The molecule has 3 aromatic carbocycles. The normalized spacial score (nSPS) is 11.0. The number of sulfonamides is 1. The summed E-state index contributed by atoms with van der Waals surface area (Å²) >= 11 is 0. The molecule has 0 fully saturated rings. The highest BCUT2D eigenvalue weighted by Crippen LogP contribution is 2.32. The third-order valence-corrected chi connectivity index (χ3v) is 7.00. The number of rotatable bonds is 10. The fourth-order valence-corrected chi connectivity index (χ4v) is 4.77. The first-order valence-corrected chi connectivity index (χ1v) is 13.0. The van der Waals surface area contributed by atoms with E-state index in [1.165, 1.54) is 19.1 Å². The average molecular weight is 566 g/mol. The molecule has 0 spiro atoms. The van der Waals surface area contributed by atoms with Gasteiger partial charge in [-0.3, -0.25) is 25.0 Å². The number of hydrogen-bond acceptors (Lipinski definition) is 11. The van der Waals surface area contributed by atoms with E-state index in [4.69, 9.17) is 4.74 Å². The van der Waals surface area contributed by atoms with Crippen molar-refractivity contribution >= 4 is 50.2 Å². The Morgan fingerprint density at radius 1 is 0.775 bits per heavy atom. The number of nitro groups is 2.